The van der Waals surface area contributed by atoms with E-state index < -0.39 is 22.5 Å². The van der Waals surface area contributed by atoms with Gasteiger partial charge in [0.05, 0.1) is 23.4 Å². The predicted molar refractivity (Wildman–Crippen MR) is 156 cm³/mol. The van der Waals surface area contributed by atoms with E-state index in [0.717, 1.165) is 31.4 Å². The monoisotopic (exact) mass is 537 g/mol. The molecule has 5 aromatic carbocycles. The molecule has 0 atom stereocenters. The third-order valence-electron chi connectivity index (χ3n) is 6.25. The van der Waals surface area contributed by atoms with E-state index in [1.807, 2.05) is 55.5 Å². The van der Waals surface area contributed by atoms with Gasteiger partial charge in [-0.2, -0.15) is 5.10 Å². The number of hydrogen-bond acceptors (Lipinski definition) is 5. The molecule has 5 rings (SSSR count). The summed E-state index contributed by atoms with van der Waals surface area (Å²) < 4.78 is 33.7. The van der Waals surface area contributed by atoms with Gasteiger partial charge in [-0.05, 0) is 70.9 Å². The van der Waals surface area contributed by atoms with Crippen LogP contribution in [0.25, 0.3) is 21.5 Å². The van der Waals surface area contributed by atoms with Crippen LogP contribution in [0.15, 0.2) is 119 Å². The molecule has 0 heterocycles. The maximum atomic E-state index is 13.6. The van der Waals surface area contributed by atoms with Crippen molar-refractivity contribution in [1.29, 1.82) is 0 Å². The van der Waals surface area contributed by atoms with Crippen molar-refractivity contribution < 1.29 is 17.9 Å². The number of anilines is 1. The summed E-state index contributed by atoms with van der Waals surface area (Å²) in [7, 11) is -4.05. The van der Waals surface area contributed by atoms with E-state index in [-0.39, 0.29) is 4.90 Å². The number of para-hydroxylation sites is 1. The molecule has 0 bridgehead atoms. The second-order valence-corrected chi connectivity index (χ2v) is 10.6. The molecule has 1 amide bonds. The number of nitrogens with one attached hydrogen (secondary N) is 1. The number of nitrogens with zero attached hydrogens (tertiary/aromatic N) is 2. The van der Waals surface area contributed by atoms with Gasteiger partial charge in [0.2, 0.25) is 0 Å². The first-order chi connectivity index (χ1) is 19.0. The number of carbonyl (C=O) groups is 1. The lowest BCUT2D eigenvalue weighted by molar-refractivity contribution is -0.119. The van der Waals surface area contributed by atoms with E-state index in [1.165, 1.54) is 12.1 Å². The lowest BCUT2D eigenvalue weighted by Crippen LogP contribution is -2.39. The highest BCUT2D eigenvalue weighted by molar-refractivity contribution is 7.92. The van der Waals surface area contributed by atoms with Crippen LogP contribution in [0, 0.1) is 0 Å². The van der Waals surface area contributed by atoms with E-state index in [0.29, 0.717) is 18.0 Å². The van der Waals surface area contributed by atoms with E-state index >= 15 is 0 Å². The number of fused-ring (bicyclic) bond motifs is 2. The third-order valence-corrected chi connectivity index (χ3v) is 8.04. The van der Waals surface area contributed by atoms with Gasteiger partial charge in [-0.1, -0.05) is 66.7 Å². The quantitative estimate of drug-likeness (QED) is 0.148. The van der Waals surface area contributed by atoms with Gasteiger partial charge in [0.25, 0.3) is 15.9 Å². The minimum absolute atomic E-state index is 0.0494. The molecule has 196 valence electrons. The Kier molecular flexibility index (Phi) is 7.56. The number of ether oxygens (including phenoxy) is 1. The van der Waals surface area contributed by atoms with Crippen LogP contribution in [0.1, 0.15) is 12.5 Å². The van der Waals surface area contributed by atoms with Gasteiger partial charge in [0.1, 0.15) is 12.3 Å². The molecule has 8 heteroatoms. The fourth-order valence-electron chi connectivity index (χ4n) is 4.43. The van der Waals surface area contributed by atoms with Crippen LogP contribution in [0.2, 0.25) is 0 Å². The molecule has 39 heavy (non-hydrogen) atoms. The van der Waals surface area contributed by atoms with E-state index in [9.17, 15) is 13.2 Å². The Morgan fingerprint density at radius 3 is 2.05 bits per heavy atom. The minimum atomic E-state index is -4.05. The summed E-state index contributed by atoms with van der Waals surface area (Å²) >= 11 is 0. The zero-order valence-electron chi connectivity index (χ0n) is 21.3. The van der Waals surface area contributed by atoms with Gasteiger partial charge in [-0.25, -0.2) is 13.8 Å². The normalized spacial score (nSPS) is 11.6. The highest BCUT2D eigenvalue weighted by atomic mass is 32.2. The molecular weight excluding hydrogens is 510 g/mol. The molecule has 0 aromatic heterocycles. The van der Waals surface area contributed by atoms with Gasteiger partial charge in [-0.3, -0.25) is 9.10 Å². The molecule has 7 nitrogen and oxygen atoms in total. The molecule has 0 saturated carbocycles. The third kappa shape index (κ3) is 5.61. The fourth-order valence-corrected chi connectivity index (χ4v) is 5.85. The molecule has 0 aliphatic rings. The van der Waals surface area contributed by atoms with E-state index in [2.05, 4.69) is 16.6 Å². The lowest BCUT2D eigenvalue weighted by atomic mass is 9.97. The molecular formula is C31H27N3O4S. The molecule has 0 saturated heterocycles. The first-order valence-corrected chi connectivity index (χ1v) is 13.9. The Bertz CT molecular complexity index is 1700. The highest BCUT2D eigenvalue weighted by Crippen LogP contribution is 2.28. The van der Waals surface area contributed by atoms with Crippen molar-refractivity contribution in [3.05, 3.63) is 115 Å². The van der Waals surface area contributed by atoms with Crippen molar-refractivity contribution in [2.75, 3.05) is 17.5 Å². The smallest absolute Gasteiger partial charge is 0.264 e. The second-order valence-electron chi connectivity index (χ2n) is 8.78. The van der Waals surface area contributed by atoms with Crippen LogP contribution in [0.3, 0.4) is 0 Å². The average Bonchev–Trinajstić information content (AvgIpc) is 2.96. The molecule has 0 fully saturated rings. The summed E-state index contributed by atoms with van der Waals surface area (Å²) in [6.07, 6.45) is 1.61. The lowest BCUT2D eigenvalue weighted by Gasteiger charge is -2.23. The van der Waals surface area contributed by atoms with E-state index in [1.54, 1.807) is 48.7 Å². The molecule has 0 aliphatic carbocycles. The van der Waals surface area contributed by atoms with Crippen LogP contribution in [0.5, 0.6) is 5.75 Å². The fraction of sp³-hybridized carbons (Fsp3) is 0.0968. The van der Waals surface area contributed by atoms with Crippen molar-refractivity contribution in [3.63, 3.8) is 0 Å². The number of hydrazone groups is 1. The average molecular weight is 538 g/mol. The van der Waals surface area contributed by atoms with Gasteiger partial charge < -0.3 is 4.74 Å². The van der Waals surface area contributed by atoms with Crippen LogP contribution in [0.4, 0.5) is 5.69 Å². The summed E-state index contributed by atoms with van der Waals surface area (Å²) in [4.78, 5) is 13.1. The number of carbonyl (C=O) groups excluding carboxylic acids is 1. The first kappa shape index (κ1) is 25.9. The molecule has 0 spiro atoms. The number of amides is 1. The topological polar surface area (TPSA) is 88.1 Å². The van der Waals surface area contributed by atoms with Crippen LogP contribution in [-0.4, -0.2) is 33.7 Å². The summed E-state index contributed by atoms with van der Waals surface area (Å²) in [5, 5.41) is 8.32. The first-order valence-electron chi connectivity index (χ1n) is 12.5. The molecule has 0 aliphatic heterocycles. The van der Waals surface area contributed by atoms with Gasteiger partial charge in [0.15, 0.2) is 0 Å². The zero-order valence-corrected chi connectivity index (χ0v) is 22.1. The predicted octanol–water partition coefficient (Wildman–Crippen LogP) is 5.74. The number of rotatable bonds is 9. The Labute approximate surface area is 227 Å². The minimum Gasteiger partial charge on any atom is -0.494 e. The van der Waals surface area contributed by atoms with Crippen molar-refractivity contribution in [1.82, 2.24) is 5.43 Å². The van der Waals surface area contributed by atoms with Gasteiger partial charge in [0, 0.05) is 5.56 Å². The SMILES string of the molecule is CCOc1ccc(S(=O)(=O)N(CC(=O)N/N=C/c2c3ccccc3cc3ccccc23)c2ccccc2)cc1. The molecule has 0 radical (unpaired) electrons. The Hall–Kier alpha value is -4.69. The largest absolute Gasteiger partial charge is 0.494 e. The standard InChI is InChI=1S/C31H27N3O4S/c1-2-38-26-16-18-27(19-17-26)39(36,37)34(25-12-4-3-5-13-25)22-31(35)33-32-21-30-28-14-8-6-10-23(28)20-24-11-7-9-15-29(24)30/h3-21H,2,22H2,1H3,(H,33,35)/b32-21+. The Morgan fingerprint density at radius 2 is 1.44 bits per heavy atom. The summed E-state index contributed by atoms with van der Waals surface area (Å²) in [5.41, 5.74) is 3.75. The van der Waals surface area contributed by atoms with Crippen LogP contribution < -0.4 is 14.5 Å². The maximum absolute atomic E-state index is 13.6. The second kappa shape index (κ2) is 11.4. The summed E-state index contributed by atoms with van der Waals surface area (Å²) in [6, 6.07) is 32.7. The van der Waals surface area contributed by atoms with Crippen molar-refractivity contribution in [2.45, 2.75) is 11.8 Å². The van der Waals surface area contributed by atoms with Crippen LogP contribution in [-0.2, 0) is 14.8 Å². The Balaban J connectivity index is 1.41. The summed E-state index contributed by atoms with van der Waals surface area (Å²) in [6.45, 7) is 1.87. The van der Waals surface area contributed by atoms with Crippen molar-refractivity contribution in [2.24, 2.45) is 5.10 Å². The van der Waals surface area contributed by atoms with Crippen LogP contribution >= 0.6 is 0 Å². The number of benzene rings is 5. The van der Waals surface area contributed by atoms with E-state index in [4.69, 9.17) is 4.74 Å². The van der Waals surface area contributed by atoms with Crippen molar-refractivity contribution >= 4 is 49.4 Å². The zero-order chi connectivity index (χ0) is 27.2. The Morgan fingerprint density at radius 1 is 0.846 bits per heavy atom. The van der Waals surface area contributed by atoms with Crippen molar-refractivity contribution in [3.8, 4) is 5.75 Å². The maximum Gasteiger partial charge on any atom is 0.264 e. The molecule has 5 aromatic rings. The molecule has 0 unspecified atom stereocenters. The highest BCUT2D eigenvalue weighted by Gasteiger charge is 2.27. The number of hydrogen-bond donors (Lipinski definition) is 1. The number of sulfonamides is 1. The van der Waals surface area contributed by atoms with Gasteiger partial charge in [-0.15, -0.1) is 0 Å². The summed E-state index contributed by atoms with van der Waals surface area (Å²) in [5.74, 6) is -0.00934. The van der Waals surface area contributed by atoms with Gasteiger partial charge >= 0.3 is 0 Å². The molecule has 1 N–H and O–H groups in total.